The Balaban J connectivity index is 2.07. The summed E-state index contributed by atoms with van der Waals surface area (Å²) in [4.78, 5) is 0. The van der Waals surface area contributed by atoms with Gasteiger partial charge in [0, 0.05) is 0 Å². The topological polar surface area (TPSA) is 29.5 Å². The summed E-state index contributed by atoms with van der Waals surface area (Å²) < 4.78 is 5.74. The molecule has 0 aromatic rings. The zero-order chi connectivity index (χ0) is 11.1. The SMILES string of the molecule is CCC(C)CC(O)COC1CCCCC1. The fourth-order valence-electron chi connectivity index (χ4n) is 2.18. The average molecular weight is 214 g/mol. The molecule has 0 aromatic carbocycles. The first-order chi connectivity index (χ1) is 7.22. The van der Waals surface area contributed by atoms with Crippen molar-refractivity contribution < 1.29 is 9.84 Å². The van der Waals surface area contributed by atoms with E-state index in [-0.39, 0.29) is 6.10 Å². The molecule has 0 radical (unpaired) electrons. The molecule has 2 heteroatoms. The Bertz CT molecular complexity index is 153. The number of aliphatic hydroxyl groups excluding tert-OH is 1. The van der Waals surface area contributed by atoms with Crippen molar-refractivity contribution in [3.63, 3.8) is 0 Å². The Kier molecular flexibility index (Phi) is 6.26. The smallest absolute Gasteiger partial charge is 0.0776 e. The summed E-state index contributed by atoms with van der Waals surface area (Å²) >= 11 is 0. The van der Waals surface area contributed by atoms with Crippen LogP contribution in [0.2, 0.25) is 0 Å². The van der Waals surface area contributed by atoms with Crippen LogP contribution in [0.1, 0.15) is 58.8 Å². The Morgan fingerprint density at radius 3 is 2.53 bits per heavy atom. The molecule has 0 bridgehead atoms. The fourth-order valence-corrected chi connectivity index (χ4v) is 2.18. The number of hydrogen-bond acceptors (Lipinski definition) is 2. The van der Waals surface area contributed by atoms with Gasteiger partial charge in [-0.2, -0.15) is 0 Å². The van der Waals surface area contributed by atoms with Crippen LogP contribution in [0.3, 0.4) is 0 Å². The Labute approximate surface area is 94.0 Å². The second-order valence-corrected chi connectivity index (χ2v) is 5.00. The van der Waals surface area contributed by atoms with Gasteiger partial charge in [0.25, 0.3) is 0 Å². The highest BCUT2D eigenvalue weighted by Gasteiger charge is 2.16. The molecule has 0 spiro atoms. The lowest BCUT2D eigenvalue weighted by atomic mass is 9.97. The Hall–Kier alpha value is -0.0800. The third kappa shape index (κ3) is 5.53. The maximum absolute atomic E-state index is 9.76. The van der Waals surface area contributed by atoms with Crippen LogP contribution in [0.4, 0.5) is 0 Å². The second-order valence-electron chi connectivity index (χ2n) is 5.00. The van der Waals surface area contributed by atoms with Crippen molar-refractivity contribution in [2.24, 2.45) is 5.92 Å². The van der Waals surface area contributed by atoms with Crippen LogP contribution in [0.25, 0.3) is 0 Å². The van der Waals surface area contributed by atoms with Gasteiger partial charge in [-0.05, 0) is 25.2 Å². The average Bonchev–Trinajstić information content (AvgIpc) is 2.27. The van der Waals surface area contributed by atoms with Gasteiger partial charge in [0.15, 0.2) is 0 Å². The Morgan fingerprint density at radius 2 is 1.93 bits per heavy atom. The number of rotatable bonds is 6. The van der Waals surface area contributed by atoms with Crippen molar-refractivity contribution in [1.82, 2.24) is 0 Å². The van der Waals surface area contributed by atoms with Gasteiger partial charge in [0.2, 0.25) is 0 Å². The molecule has 2 atom stereocenters. The van der Waals surface area contributed by atoms with Crippen LogP contribution in [-0.2, 0) is 4.74 Å². The van der Waals surface area contributed by atoms with Gasteiger partial charge in [-0.15, -0.1) is 0 Å². The minimum atomic E-state index is -0.262. The molecule has 2 unspecified atom stereocenters. The maximum atomic E-state index is 9.76. The summed E-state index contributed by atoms with van der Waals surface area (Å²) in [6.07, 6.45) is 8.51. The van der Waals surface area contributed by atoms with Gasteiger partial charge in [0.05, 0.1) is 18.8 Å². The zero-order valence-corrected chi connectivity index (χ0v) is 10.2. The first-order valence-corrected chi connectivity index (χ1v) is 6.52. The zero-order valence-electron chi connectivity index (χ0n) is 10.2. The molecule has 2 nitrogen and oxygen atoms in total. The molecule has 0 aromatic heterocycles. The predicted octanol–water partition coefficient (Wildman–Crippen LogP) is 3.13. The van der Waals surface area contributed by atoms with E-state index in [4.69, 9.17) is 4.74 Å². The third-order valence-electron chi connectivity index (χ3n) is 3.45. The van der Waals surface area contributed by atoms with Gasteiger partial charge in [-0.1, -0.05) is 39.5 Å². The van der Waals surface area contributed by atoms with Gasteiger partial charge in [-0.25, -0.2) is 0 Å². The van der Waals surface area contributed by atoms with E-state index < -0.39 is 0 Å². The number of ether oxygens (including phenoxy) is 1. The van der Waals surface area contributed by atoms with Crippen molar-refractivity contribution >= 4 is 0 Å². The molecule has 15 heavy (non-hydrogen) atoms. The van der Waals surface area contributed by atoms with E-state index in [1.807, 2.05) is 0 Å². The van der Waals surface area contributed by atoms with E-state index in [9.17, 15) is 5.11 Å². The number of hydrogen-bond donors (Lipinski definition) is 1. The number of aliphatic hydroxyl groups is 1. The molecule has 90 valence electrons. The fraction of sp³-hybridized carbons (Fsp3) is 1.00. The standard InChI is InChI=1S/C13H26O2/c1-3-11(2)9-12(14)10-15-13-7-5-4-6-8-13/h11-14H,3-10H2,1-2H3. The van der Waals surface area contributed by atoms with Crippen LogP contribution < -0.4 is 0 Å². The lowest BCUT2D eigenvalue weighted by Gasteiger charge is -2.24. The maximum Gasteiger partial charge on any atom is 0.0776 e. The lowest BCUT2D eigenvalue weighted by molar-refractivity contribution is -0.0298. The van der Waals surface area contributed by atoms with Crippen molar-refractivity contribution in [1.29, 1.82) is 0 Å². The molecule has 1 aliphatic rings. The molecule has 0 heterocycles. The molecule has 1 aliphatic carbocycles. The minimum absolute atomic E-state index is 0.262. The van der Waals surface area contributed by atoms with Gasteiger partial charge >= 0.3 is 0 Å². The quantitative estimate of drug-likeness (QED) is 0.736. The van der Waals surface area contributed by atoms with Gasteiger partial charge in [0.1, 0.15) is 0 Å². The Morgan fingerprint density at radius 1 is 1.27 bits per heavy atom. The highest BCUT2D eigenvalue weighted by molar-refractivity contribution is 4.67. The molecule has 1 N–H and O–H groups in total. The summed E-state index contributed by atoms with van der Waals surface area (Å²) in [6.45, 7) is 4.89. The summed E-state index contributed by atoms with van der Waals surface area (Å²) in [7, 11) is 0. The second kappa shape index (κ2) is 7.24. The van der Waals surface area contributed by atoms with E-state index in [0.717, 1.165) is 12.8 Å². The van der Waals surface area contributed by atoms with E-state index in [1.165, 1.54) is 32.1 Å². The van der Waals surface area contributed by atoms with Crippen LogP contribution in [0.15, 0.2) is 0 Å². The molecule has 1 fully saturated rings. The molecule has 0 saturated heterocycles. The van der Waals surface area contributed by atoms with Crippen molar-refractivity contribution in [2.75, 3.05) is 6.61 Å². The summed E-state index contributed by atoms with van der Waals surface area (Å²) in [5.74, 6) is 0.606. The van der Waals surface area contributed by atoms with E-state index in [1.54, 1.807) is 0 Å². The molecule has 1 rings (SSSR count). The first-order valence-electron chi connectivity index (χ1n) is 6.52. The van der Waals surface area contributed by atoms with Gasteiger partial charge in [-0.3, -0.25) is 0 Å². The molecular weight excluding hydrogens is 188 g/mol. The van der Waals surface area contributed by atoms with Crippen LogP contribution in [-0.4, -0.2) is 23.9 Å². The van der Waals surface area contributed by atoms with Crippen LogP contribution in [0, 0.1) is 5.92 Å². The van der Waals surface area contributed by atoms with E-state index in [2.05, 4.69) is 13.8 Å². The normalized spacial score (nSPS) is 22.6. The van der Waals surface area contributed by atoms with Gasteiger partial charge < -0.3 is 9.84 Å². The first kappa shape index (κ1) is 13.0. The van der Waals surface area contributed by atoms with Crippen molar-refractivity contribution in [3.8, 4) is 0 Å². The minimum Gasteiger partial charge on any atom is -0.391 e. The summed E-state index contributed by atoms with van der Waals surface area (Å²) in [5, 5.41) is 9.76. The highest BCUT2D eigenvalue weighted by Crippen LogP contribution is 2.21. The summed E-state index contributed by atoms with van der Waals surface area (Å²) in [5.41, 5.74) is 0. The molecule has 0 amide bonds. The van der Waals surface area contributed by atoms with Crippen molar-refractivity contribution in [3.05, 3.63) is 0 Å². The van der Waals surface area contributed by atoms with Crippen molar-refractivity contribution in [2.45, 2.75) is 71.0 Å². The highest BCUT2D eigenvalue weighted by atomic mass is 16.5. The monoisotopic (exact) mass is 214 g/mol. The van der Waals surface area contributed by atoms with E-state index >= 15 is 0 Å². The van der Waals surface area contributed by atoms with Crippen LogP contribution >= 0.6 is 0 Å². The molecule has 0 aliphatic heterocycles. The van der Waals surface area contributed by atoms with Crippen LogP contribution in [0.5, 0.6) is 0 Å². The summed E-state index contributed by atoms with van der Waals surface area (Å²) in [6, 6.07) is 0. The lowest BCUT2D eigenvalue weighted by Crippen LogP contribution is -2.24. The molecular formula is C13H26O2. The molecule has 1 saturated carbocycles. The third-order valence-corrected chi connectivity index (χ3v) is 3.45. The predicted molar refractivity (Wildman–Crippen MR) is 62.9 cm³/mol. The largest absolute Gasteiger partial charge is 0.391 e. The van der Waals surface area contributed by atoms with E-state index in [0.29, 0.717) is 18.6 Å².